The molecule has 2 unspecified atom stereocenters. The summed E-state index contributed by atoms with van der Waals surface area (Å²) in [6.45, 7) is 4.04. The highest BCUT2D eigenvalue weighted by atomic mass is 15.2. The van der Waals surface area contributed by atoms with Gasteiger partial charge >= 0.3 is 0 Å². The third-order valence-electron chi connectivity index (χ3n) is 4.05. The molecule has 70 valence electrons. The van der Waals surface area contributed by atoms with E-state index in [1.54, 1.807) is 0 Å². The van der Waals surface area contributed by atoms with Crippen molar-refractivity contribution in [3.8, 4) is 12.3 Å². The fraction of sp³-hybridized carbons (Fsp3) is 0.833. The highest BCUT2D eigenvalue weighted by molar-refractivity contribution is 5.06. The van der Waals surface area contributed by atoms with Gasteiger partial charge in [-0.05, 0) is 36.5 Å². The van der Waals surface area contributed by atoms with Crippen LogP contribution >= 0.6 is 0 Å². The summed E-state index contributed by atoms with van der Waals surface area (Å²) in [5, 5.41) is 0. The minimum Gasteiger partial charge on any atom is -0.302 e. The highest BCUT2D eigenvalue weighted by Gasteiger charge is 2.49. The Balaban J connectivity index is 1.55. The van der Waals surface area contributed by atoms with Gasteiger partial charge in [0.25, 0.3) is 0 Å². The van der Waals surface area contributed by atoms with Crippen molar-refractivity contribution in [3.05, 3.63) is 0 Å². The van der Waals surface area contributed by atoms with Crippen molar-refractivity contribution in [1.82, 2.24) is 4.90 Å². The summed E-state index contributed by atoms with van der Waals surface area (Å²) in [5.74, 6) is 4.98. The van der Waals surface area contributed by atoms with Crippen molar-refractivity contribution < 1.29 is 0 Å². The first kappa shape index (κ1) is 7.88. The lowest BCUT2D eigenvalue weighted by molar-refractivity contribution is 0.243. The molecule has 0 aromatic heterocycles. The molecular formula is C12H17N. The van der Waals surface area contributed by atoms with E-state index < -0.39 is 0 Å². The molecule has 0 spiro atoms. The number of likely N-dealkylation sites (tertiary alicyclic amines) is 1. The molecule has 0 bridgehead atoms. The summed E-state index contributed by atoms with van der Waals surface area (Å²) in [4.78, 5) is 2.66. The third-order valence-corrected chi connectivity index (χ3v) is 4.05. The zero-order valence-electron chi connectivity index (χ0n) is 8.13. The van der Waals surface area contributed by atoms with E-state index in [0.29, 0.717) is 5.41 Å². The zero-order valence-corrected chi connectivity index (χ0v) is 8.13. The Labute approximate surface area is 80.5 Å². The van der Waals surface area contributed by atoms with E-state index in [4.69, 9.17) is 6.42 Å². The van der Waals surface area contributed by atoms with Crippen molar-refractivity contribution in [3.63, 3.8) is 0 Å². The molecule has 2 saturated carbocycles. The zero-order chi connectivity index (χ0) is 8.89. The van der Waals surface area contributed by atoms with E-state index in [9.17, 15) is 0 Å². The van der Waals surface area contributed by atoms with E-state index >= 15 is 0 Å². The van der Waals surface area contributed by atoms with Crippen LogP contribution in [-0.4, -0.2) is 24.5 Å². The Morgan fingerprint density at radius 3 is 2.54 bits per heavy atom. The van der Waals surface area contributed by atoms with Crippen LogP contribution in [0.25, 0.3) is 0 Å². The van der Waals surface area contributed by atoms with Crippen LogP contribution in [0.3, 0.4) is 0 Å². The van der Waals surface area contributed by atoms with Crippen LogP contribution in [0.5, 0.6) is 0 Å². The topological polar surface area (TPSA) is 3.24 Å². The van der Waals surface area contributed by atoms with Crippen LogP contribution in [0.2, 0.25) is 0 Å². The van der Waals surface area contributed by atoms with E-state index in [1.807, 2.05) is 0 Å². The Hall–Kier alpha value is -0.480. The molecule has 1 heteroatoms. The smallest absolute Gasteiger partial charge is 0.0155 e. The van der Waals surface area contributed by atoms with E-state index in [1.165, 1.54) is 38.9 Å². The van der Waals surface area contributed by atoms with Crippen molar-refractivity contribution in [1.29, 1.82) is 0 Å². The number of nitrogens with zero attached hydrogens (tertiary/aromatic N) is 1. The molecule has 3 fully saturated rings. The number of terminal acetylenes is 1. The first-order valence-corrected chi connectivity index (χ1v) is 5.47. The van der Waals surface area contributed by atoms with Gasteiger partial charge in [0.1, 0.15) is 0 Å². The van der Waals surface area contributed by atoms with Gasteiger partial charge in [-0.2, -0.15) is 0 Å². The van der Waals surface area contributed by atoms with Crippen LogP contribution in [-0.2, 0) is 0 Å². The highest BCUT2D eigenvalue weighted by Crippen LogP contribution is 2.52. The monoisotopic (exact) mass is 175 g/mol. The Kier molecular flexibility index (Phi) is 1.52. The number of fused-ring (bicyclic) bond motifs is 1. The largest absolute Gasteiger partial charge is 0.302 e. The molecule has 1 aliphatic heterocycles. The molecule has 0 aromatic carbocycles. The van der Waals surface area contributed by atoms with Gasteiger partial charge in [0, 0.05) is 26.1 Å². The lowest BCUT2D eigenvalue weighted by atomic mass is 10.0. The summed E-state index contributed by atoms with van der Waals surface area (Å²) in [6, 6.07) is 0. The minimum atomic E-state index is 0.561. The fourth-order valence-corrected chi connectivity index (χ4v) is 2.88. The van der Waals surface area contributed by atoms with Crippen molar-refractivity contribution in [2.24, 2.45) is 17.3 Å². The molecule has 3 rings (SSSR count). The SMILES string of the molecule is C#CCC1(CN2CC3CC3C2)CC1. The molecule has 0 radical (unpaired) electrons. The third kappa shape index (κ3) is 1.38. The van der Waals surface area contributed by atoms with Gasteiger partial charge in [0.15, 0.2) is 0 Å². The summed E-state index contributed by atoms with van der Waals surface area (Å²) in [7, 11) is 0. The molecule has 1 saturated heterocycles. The predicted octanol–water partition coefficient (Wildman–Crippen LogP) is 1.74. The van der Waals surface area contributed by atoms with Crippen molar-refractivity contribution in [2.75, 3.05) is 19.6 Å². The molecular weight excluding hydrogens is 158 g/mol. The Morgan fingerprint density at radius 2 is 2.00 bits per heavy atom. The standard InChI is InChI=1S/C12H17N/c1-2-3-12(4-5-12)9-13-7-10-6-11(10)8-13/h1,10-11H,3-9H2. The first-order valence-electron chi connectivity index (χ1n) is 5.47. The number of hydrogen-bond donors (Lipinski definition) is 0. The number of rotatable bonds is 3. The Bertz CT molecular complexity index is 249. The summed E-state index contributed by atoms with van der Waals surface area (Å²) < 4.78 is 0. The number of piperidine rings is 1. The molecule has 1 nitrogen and oxygen atoms in total. The quantitative estimate of drug-likeness (QED) is 0.591. The normalized spacial score (nSPS) is 39.6. The minimum absolute atomic E-state index is 0.561. The van der Waals surface area contributed by atoms with Gasteiger partial charge in [0.2, 0.25) is 0 Å². The average molecular weight is 175 g/mol. The average Bonchev–Trinajstić information content (AvgIpc) is 2.96. The van der Waals surface area contributed by atoms with Gasteiger partial charge in [-0.15, -0.1) is 12.3 Å². The molecule has 2 aliphatic carbocycles. The van der Waals surface area contributed by atoms with Crippen molar-refractivity contribution >= 4 is 0 Å². The van der Waals surface area contributed by atoms with Crippen LogP contribution in [0.4, 0.5) is 0 Å². The lowest BCUT2D eigenvalue weighted by Crippen LogP contribution is -2.29. The molecule has 0 amide bonds. The molecule has 0 aromatic rings. The van der Waals surface area contributed by atoms with E-state index in [0.717, 1.165) is 18.3 Å². The van der Waals surface area contributed by atoms with Gasteiger partial charge in [-0.3, -0.25) is 0 Å². The van der Waals surface area contributed by atoms with Crippen LogP contribution in [0.1, 0.15) is 25.7 Å². The predicted molar refractivity (Wildman–Crippen MR) is 53.2 cm³/mol. The van der Waals surface area contributed by atoms with Gasteiger partial charge in [-0.1, -0.05) is 0 Å². The second-order valence-electron chi connectivity index (χ2n) is 5.33. The molecule has 0 N–H and O–H groups in total. The van der Waals surface area contributed by atoms with Crippen LogP contribution in [0, 0.1) is 29.6 Å². The molecule has 13 heavy (non-hydrogen) atoms. The second kappa shape index (κ2) is 2.51. The van der Waals surface area contributed by atoms with Crippen LogP contribution < -0.4 is 0 Å². The first-order chi connectivity index (χ1) is 6.31. The lowest BCUT2D eigenvalue weighted by Gasteiger charge is -2.22. The Morgan fingerprint density at radius 1 is 1.31 bits per heavy atom. The summed E-state index contributed by atoms with van der Waals surface area (Å²) in [5.41, 5.74) is 0.561. The van der Waals surface area contributed by atoms with Crippen molar-refractivity contribution in [2.45, 2.75) is 25.7 Å². The summed E-state index contributed by atoms with van der Waals surface area (Å²) in [6.07, 6.45) is 10.7. The summed E-state index contributed by atoms with van der Waals surface area (Å²) >= 11 is 0. The van der Waals surface area contributed by atoms with Gasteiger partial charge in [-0.25, -0.2) is 0 Å². The van der Waals surface area contributed by atoms with E-state index in [-0.39, 0.29) is 0 Å². The molecule has 1 heterocycles. The maximum Gasteiger partial charge on any atom is 0.0155 e. The molecule has 2 atom stereocenters. The van der Waals surface area contributed by atoms with E-state index in [2.05, 4.69) is 10.8 Å². The second-order valence-corrected chi connectivity index (χ2v) is 5.33. The molecule has 3 aliphatic rings. The van der Waals surface area contributed by atoms with Gasteiger partial charge < -0.3 is 4.90 Å². The maximum atomic E-state index is 5.40. The fourth-order valence-electron chi connectivity index (χ4n) is 2.88. The van der Waals surface area contributed by atoms with Gasteiger partial charge in [0.05, 0.1) is 0 Å². The van der Waals surface area contributed by atoms with Crippen LogP contribution in [0.15, 0.2) is 0 Å². The number of hydrogen-bond acceptors (Lipinski definition) is 1. The maximum absolute atomic E-state index is 5.40.